The van der Waals surface area contributed by atoms with Crippen molar-refractivity contribution in [3.8, 4) is 0 Å². The van der Waals surface area contributed by atoms with Gasteiger partial charge in [-0.2, -0.15) is 0 Å². The van der Waals surface area contributed by atoms with E-state index in [0.29, 0.717) is 0 Å². The highest BCUT2D eigenvalue weighted by molar-refractivity contribution is 7.98. The third-order valence-corrected chi connectivity index (χ3v) is 4.41. The minimum absolute atomic E-state index is 0.0184. The van der Waals surface area contributed by atoms with Crippen LogP contribution < -0.4 is 5.32 Å². The van der Waals surface area contributed by atoms with Crippen LogP contribution in [0.4, 0.5) is 0 Å². The Morgan fingerprint density at radius 2 is 2.00 bits per heavy atom. The highest BCUT2D eigenvalue weighted by Crippen LogP contribution is 2.27. The van der Waals surface area contributed by atoms with E-state index < -0.39 is 0 Å². The first-order valence-electron chi connectivity index (χ1n) is 6.84. The summed E-state index contributed by atoms with van der Waals surface area (Å²) in [5, 5.41) is 3.45. The van der Waals surface area contributed by atoms with Crippen molar-refractivity contribution in [3.63, 3.8) is 0 Å². The smallest absolute Gasteiger partial charge is 0.241 e. The Hall–Kier alpha value is -1.00. The molecule has 1 heterocycles. The minimum atomic E-state index is -0.0184. The van der Waals surface area contributed by atoms with Gasteiger partial charge in [0, 0.05) is 11.9 Å². The van der Waals surface area contributed by atoms with Gasteiger partial charge in [-0.1, -0.05) is 31.9 Å². The molecule has 0 saturated carbocycles. The number of rotatable bonds is 5. The number of unbranched alkanes of at least 4 members (excludes halogenated alkanes) is 1. The van der Waals surface area contributed by atoms with E-state index >= 15 is 0 Å². The van der Waals surface area contributed by atoms with Crippen LogP contribution >= 0.6 is 11.8 Å². The third-order valence-electron chi connectivity index (χ3n) is 3.67. The molecular weight excluding hydrogens is 256 g/mol. The topological polar surface area (TPSA) is 32.3 Å². The van der Waals surface area contributed by atoms with Crippen molar-refractivity contribution in [3.05, 3.63) is 29.8 Å². The van der Waals surface area contributed by atoms with Crippen LogP contribution in [0, 0.1) is 0 Å². The molecule has 0 bridgehead atoms. The van der Waals surface area contributed by atoms with Crippen LogP contribution in [-0.2, 0) is 4.79 Å². The van der Waals surface area contributed by atoms with Gasteiger partial charge in [-0.05, 0) is 30.4 Å². The molecule has 3 nitrogen and oxygen atoms in total. The lowest BCUT2D eigenvalue weighted by molar-refractivity contribution is -0.128. The van der Waals surface area contributed by atoms with Crippen LogP contribution in [0.5, 0.6) is 0 Å². The van der Waals surface area contributed by atoms with E-state index in [1.807, 2.05) is 11.9 Å². The molecule has 1 aliphatic heterocycles. The molecule has 2 atom stereocenters. The number of carbonyl (C=O) groups is 1. The van der Waals surface area contributed by atoms with Crippen LogP contribution in [0.2, 0.25) is 0 Å². The fraction of sp³-hybridized carbons (Fsp3) is 0.533. The van der Waals surface area contributed by atoms with E-state index in [9.17, 15) is 4.79 Å². The number of hydrogen-bond donors (Lipinski definition) is 1. The average Bonchev–Trinajstić information content (AvgIpc) is 2.73. The molecule has 0 aliphatic carbocycles. The molecule has 1 aliphatic rings. The van der Waals surface area contributed by atoms with Gasteiger partial charge in [0.05, 0.1) is 6.04 Å². The fourth-order valence-electron chi connectivity index (χ4n) is 2.47. The average molecular weight is 278 g/mol. The molecule has 2 rings (SSSR count). The first-order chi connectivity index (χ1) is 9.17. The van der Waals surface area contributed by atoms with Gasteiger partial charge in [0.1, 0.15) is 6.17 Å². The SMILES string of the molecule is CCCCC1NC(c2ccc(SC)cc2)N(C)C1=O. The van der Waals surface area contributed by atoms with Crippen LogP contribution in [0.3, 0.4) is 0 Å². The van der Waals surface area contributed by atoms with Crippen molar-refractivity contribution in [1.82, 2.24) is 10.2 Å². The van der Waals surface area contributed by atoms with Crippen molar-refractivity contribution in [2.24, 2.45) is 0 Å². The van der Waals surface area contributed by atoms with E-state index in [4.69, 9.17) is 0 Å². The normalized spacial score (nSPS) is 23.1. The van der Waals surface area contributed by atoms with Gasteiger partial charge in [-0.15, -0.1) is 11.8 Å². The highest BCUT2D eigenvalue weighted by atomic mass is 32.2. The Kier molecular flexibility index (Phi) is 4.88. The number of hydrogen-bond acceptors (Lipinski definition) is 3. The largest absolute Gasteiger partial charge is 0.325 e. The summed E-state index contributed by atoms with van der Waals surface area (Å²) < 4.78 is 0. The van der Waals surface area contributed by atoms with E-state index in [1.54, 1.807) is 11.8 Å². The molecule has 0 radical (unpaired) electrons. The second-order valence-corrected chi connectivity index (χ2v) is 5.87. The zero-order chi connectivity index (χ0) is 13.8. The summed E-state index contributed by atoms with van der Waals surface area (Å²) in [5.41, 5.74) is 1.16. The number of nitrogens with zero attached hydrogens (tertiary/aromatic N) is 1. The number of likely N-dealkylation sites (N-methyl/N-ethyl adjacent to an activating group) is 1. The standard InChI is InChI=1S/C15H22N2OS/c1-4-5-6-13-15(18)17(2)14(16-13)11-7-9-12(19-3)10-8-11/h7-10,13-14,16H,4-6H2,1-3H3. The summed E-state index contributed by atoms with van der Waals surface area (Å²) in [5.74, 6) is 0.215. The Bertz CT molecular complexity index is 432. The van der Waals surface area contributed by atoms with Gasteiger partial charge < -0.3 is 4.90 Å². The van der Waals surface area contributed by atoms with Gasteiger partial charge in [0.25, 0.3) is 0 Å². The molecule has 0 aromatic heterocycles. The number of nitrogens with one attached hydrogen (secondary N) is 1. The highest BCUT2D eigenvalue weighted by Gasteiger charge is 2.36. The molecule has 1 aromatic rings. The zero-order valence-electron chi connectivity index (χ0n) is 11.8. The molecule has 104 valence electrons. The predicted octanol–water partition coefficient (Wildman–Crippen LogP) is 3.03. The van der Waals surface area contributed by atoms with Gasteiger partial charge in [0.2, 0.25) is 5.91 Å². The van der Waals surface area contributed by atoms with Crippen molar-refractivity contribution < 1.29 is 4.79 Å². The summed E-state index contributed by atoms with van der Waals surface area (Å²) >= 11 is 1.73. The van der Waals surface area contributed by atoms with Crippen LogP contribution in [0.25, 0.3) is 0 Å². The van der Waals surface area contributed by atoms with Gasteiger partial charge in [-0.3, -0.25) is 10.1 Å². The summed E-state index contributed by atoms with van der Waals surface area (Å²) in [6.45, 7) is 2.15. The van der Waals surface area contributed by atoms with Gasteiger partial charge >= 0.3 is 0 Å². The molecule has 4 heteroatoms. The van der Waals surface area contributed by atoms with E-state index in [2.05, 4.69) is 42.8 Å². The predicted molar refractivity (Wildman–Crippen MR) is 80.2 cm³/mol. The van der Waals surface area contributed by atoms with Crippen LogP contribution in [0.15, 0.2) is 29.2 Å². The Balaban J connectivity index is 2.09. The molecule has 1 N–H and O–H groups in total. The Morgan fingerprint density at radius 3 is 2.58 bits per heavy atom. The maximum absolute atomic E-state index is 12.2. The number of benzene rings is 1. The van der Waals surface area contributed by atoms with E-state index in [-0.39, 0.29) is 18.1 Å². The Morgan fingerprint density at radius 1 is 1.32 bits per heavy atom. The van der Waals surface area contributed by atoms with Crippen molar-refractivity contribution >= 4 is 17.7 Å². The second kappa shape index (κ2) is 6.44. The lowest BCUT2D eigenvalue weighted by Gasteiger charge is -2.19. The molecule has 1 saturated heterocycles. The van der Waals surface area contributed by atoms with Crippen molar-refractivity contribution in [2.75, 3.05) is 13.3 Å². The van der Waals surface area contributed by atoms with Crippen LogP contribution in [-0.4, -0.2) is 30.2 Å². The summed E-state index contributed by atoms with van der Waals surface area (Å²) in [7, 11) is 1.88. The summed E-state index contributed by atoms with van der Waals surface area (Å²) in [6, 6.07) is 8.42. The molecule has 19 heavy (non-hydrogen) atoms. The molecule has 1 fully saturated rings. The minimum Gasteiger partial charge on any atom is -0.325 e. The lowest BCUT2D eigenvalue weighted by atomic mass is 10.1. The molecular formula is C15H22N2OS. The second-order valence-electron chi connectivity index (χ2n) is 4.99. The molecule has 2 unspecified atom stereocenters. The molecule has 0 spiro atoms. The van der Waals surface area contributed by atoms with E-state index in [1.165, 1.54) is 4.90 Å². The number of carbonyl (C=O) groups excluding carboxylic acids is 1. The zero-order valence-corrected chi connectivity index (χ0v) is 12.7. The monoisotopic (exact) mass is 278 g/mol. The quantitative estimate of drug-likeness (QED) is 0.840. The molecule has 1 amide bonds. The summed E-state index contributed by atoms with van der Waals surface area (Å²) in [6.07, 6.45) is 5.24. The third kappa shape index (κ3) is 3.12. The maximum Gasteiger partial charge on any atom is 0.241 e. The lowest BCUT2D eigenvalue weighted by Crippen LogP contribution is -2.28. The number of amides is 1. The molecule has 1 aromatic carbocycles. The van der Waals surface area contributed by atoms with E-state index in [0.717, 1.165) is 24.8 Å². The van der Waals surface area contributed by atoms with Gasteiger partial charge in [0.15, 0.2) is 0 Å². The first kappa shape index (κ1) is 14.4. The first-order valence-corrected chi connectivity index (χ1v) is 8.06. The fourth-order valence-corrected chi connectivity index (χ4v) is 2.88. The van der Waals surface area contributed by atoms with Crippen molar-refractivity contribution in [1.29, 1.82) is 0 Å². The summed E-state index contributed by atoms with van der Waals surface area (Å²) in [4.78, 5) is 15.3. The van der Waals surface area contributed by atoms with Gasteiger partial charge in [-0.25, -0.2) is 0 Å². The Labute approximate surface area is 119 Å². The van der Waals surface area contributed by atoms with Crippen molar-refractivity contribution in [2.45, 2.75) is 43.3 Å². The van der Waals surface area contributed by atoms with Crippen LogP contribution in [0.1, 0.15) is 37.9 Å². The maximum atomic E-state index is 12.2. The number of thioether (sulfide) groups is 1.